The van der Waals surface area contributed by atoms with E-state index in [-0.39, 0.29) is 24.0 Å². The number of ether oxygens (including phenoxy) is 2. The average molecular weight is 428 g/mol. The van der Waals surface area contributed by atoms with Crippen LogP contribution in [0.4, 0.5) is 5.69 Å². The molecule has 10 heteroatoms. The molecule has 1 fully saturated rings. The molecule has 9 nitrogen and oxygen atoms in total. The van der Waals surface area contributed by atoms with Gasteiger partial charge >= 0.3 is 0 Å². The molecule has 3 rings (SSSR count). The number of carbonyl (C=O) groups is 2. The molecule has 2 aromatic carbocycles. The number of rotatable bonds is 7. The summed E-state index contributed by atoms with van der Waals surface area (Å²) in [5.41, 5.74) is 1.28. The Kier molecular flexibility index (Phi) is 6.91. The molecule has 0 unspecified atom stereocenters. The Morgan fingerprint density at radius 1 is 1.23 bits per heavy atom. The Bertz CT molecular complexity index is 991. The summed E-state index contributed by atoms with van der Waals surface area (Å²) in [5, 5.41) is 22.6. The lowest BCUT2D eigenvalue weighted by Crippen LogP contribution is -2.28. The monoisotopic (exact) mass is 428 g/mol. The molecule has 2 aromatic rings. The van der Waals surface area contributed by atoms with Crippen LogP contribution >= 0.6 is 11.8 Å². The van der Waals surface area contributed by atoms with E-state index >= 15 is 0 Å². The van der Waals surface area contributed by atoms with E-state index < -0.39 is 5.25 Å². The molecule has 0 bridgehead atoms. The Hall–Kier alpha value is -3.53. The fourth-order valence-corrected chi connectivity index (χ4v) is 3.49. The fourth-order valence-electron chi connectivity index (χ4n) is 2.56. The number of anilines is 1. The first-order valence-corrected chi connectivity index (χ1v) is 9.76. The van der Waals surface area contributed by atoms with Crippen molar-refractivity contribution in [2.75, 3.05) is 19.5 Å². The number of amidine groups is 1. The minimum Gasteiger partial charge on any atom is -0.504 e. The zero-order chi connectivity index (χ0) is 21.5. The standard InChI is InChI=1S/C20H20N4O5S/c1-28-14-6-4-13(5-7-14)22-18(26)10-17-19(27)23-20(30-17)24-21-11-12-3-8-15(25)16(9-12)29-2/h3-9,11,17,25H,10H2,1-2H3,(H,22,26)(H,23,24,27)/b21-11-/t17-/m0/s1. The van der Waals surface area contributed by atoms with Gasteiger partial charge in [0.2, 0.25) is 11.8 Å². The Labute approximate surface area is 177 Å². The molecule has 0 saturated carbocycles. The first-order chi connectivity index (χ1) is 14.5. The molecule has 30 heavy (non-hydrogen) atoms. The van der Waals surface area contributed by atoms with Gasteiger partial charge in [-0.3, -0.25) is 9.59 Å². The molecule has 1 saturated heterocycles. The predicted molar refractivity (Wildman–Crippen MR) is 115 cm³/mol. The highest BCUT2D eigenvalue weighted by molar-refractivity contribution is 8.15. The van der Waals surface area contributed by atoms with Crippen LogP contribution in [0.1, 0.15) is 12.0 Å². The van der Waals surface area contributed by atoms with Crippen LogP contribution in [0.15, 0.2) is 52.7 Å². The topological polar surface area (TPSA) is 122 Å². The van der Waals surface area contributed by atoms with Crippen LogP contribution in [0.3, 0.4) is 0 Å². The number of phenols is 1. The SMILES string of the molecule is COc1ccc(NC(=O)C[C@@H]2S/C(=N/N=C\c3ccc(O)c(OC)c3)NC2=O)cc1. The molecular weight excluding hydrogens is 408 g/mol. The molecule has 0 radical (unpaired) electrons. The normalized spacial score (nSPS) is 17.2. The van der Waals surface area contributed by atoms with Crippen molar-refractivity contribution in [3.63, 3.8) is 0 Å². The second-order valence-electron chi connectivity index (χ2n) is 6.16. The number of aromatic hydroxyl groups is 1. The average Bonchev–Trinajstić information content (AvgIpc) is 3.08. The summed E-state index contributed by atoms with van der Waals surface area (Å²) >= 11 is 1.14. The number of phenolic OH excluding ortho intramolecular Hbond substituents is 1. The van der Waals surface area contributed by atoms with Gasteiger partial charge in [0.25, 0.3) is 0 Å². The van der Waals surface area contributed by atoms with E-state index in [1.54, 1.807) is 43.5 Å². The Morgan fingerprint density at radius 3 is 2.70 bits per heavy atom. The van der Waals surface area contributed by atoms with E-state index in [9.17, 15) is 14.7 Å². The van der Waals surface area contributed by atoms with Crippen LogP contribution in [-0.2, 0) is 9.59 Å². The van der Waals surface area contributed by atoms with Gasteiger partial charge in [0, 0.05) is 12.1 Å². The third kappa shape index (κ3) is 5.51. The van der Waals surface area contributed by atoms with Gasteiger partial charge < -0.3 is 25.2 Å². The smallest absolute Gasteiger partial charge is 0.240 e. The van der Waals surface area contributed by atoms with E-state index in [0.29, 0.717) is 27.9 Å². The largest absolute Gasteiger partial charge is 0.504 e. The lowest BCUT2D eigenvalue weighted by Gasteiger charge is -2.08. The second kappa shape index (κ2) is 9.79. The summed E-state index contributed by atoms with van der Waals surface area (Å²) in [7, 11) is 3.01. The first kappa shape index (κ1) is 21.2. The van der Waals surface area contributed by atoms with Crippen LogP contribution in [0, 0.1) is 0 Å². The van der Waals surface area contributed by atoms with E-state index in [0.717, 1.165) is 11.8 Å². The maximum absolute atomic E-state index is 12.2. The van der Waals surface area contributed by atoms with Crippen molar-refractivity contribution in [2.45, 2.75) is 11.7 Å². The van der Waals surface area contributed by atoms with Gasteiger partial charge in [-0.15, -0.1) is 5.10 Å². The number of hydrogen-bond acceptors (Lipinski definition) is 8. The number of nitrogens with one attached hydrogen (secondary N) is 2. The summed E-state index contributed by atoms with van der Waals surface area (Å²) in [4.78, 5) is 24.3. The van der Waals surface area contributed by atoms with E-state index in [2.05, 4.69) is 20.8 Å². The number of benzene rings is 2. The summed E-state index contributed by atoms with van der Waals surface area (Å²) < 4.78 is 10.1. The molecular formula is C20H20N4O5S. The minimum absolute atomic E-state index is 0.000421. The fraction of sp³-hybridized carbons (Fsp3) is 0.200. The third-order valence-corrected chi connectivity index (χ3v) is 5.15. The van der Waals surface area contributed by atoms with Crippen molar-refractivity contribution in [1.82, 2.24) is 5.32 Å². The summed E-state index contributed by atoms with van der Waals surface area (Å²) in [6.07, 6.45) is 1.46. The number of amides is 2. The Morgan fingerprint density at radius 2 is 2.00 bits per heavy atom. The maximum Gasteiger partial charge on any atom is 0.240 e. The van der Waals surface area contributed by atoms with Gasteiger partial charge in [-0.1, -0.05) is 11.8 Å². The number of nitrogens with zero attached hydrogens (tertiary/aromatic N) is 2. The van der Waals surface area contributed by atoms with E-state index in [4.69, 9.17) is 9.47 Å². The van der Waals surface area contributed by atoms with Gasteiger partial charge in [0.15, 0.2) is 16.7 Å². The van der Waals surface area contributed by atoms with Crippen molar-refractivity contribution in [3.05, 3.63) is 48.0 Å². The minimum atomic E-state index is -0.592. The van der Waals surface area contributed by atoms with Gasteiger partial charge in [0.1, 0.15) is 11.0 Å². The number of thioether (sulfide) groups is 1. The third-order valence-electron chi connectivity index (χ3n) is 4.08. The molecule has 1 heterocycles. The summed E-state index contributed by atoms with van der Waals surface area (Å²) in [6.45, 7) is 0. The number of hydrogen-bond donors (Lipinski definition) is 3. The molecule has 3 N–H and O–H groups in total. The Balaban J connectivity index is 1.55. The lowest BCUT2D eigenvalue weighted by atomic mass is 10.2. The number of methoxy groups -OCH3 is 2. The molecule has 0 aliphatic carbocycles. The second-order valence-corrected chi connectivity index (χ2v) is 7.35. The molecule has 0 spiro atoms. The highest BCUT2D eigenvalue weighted by Gasteiger charge is 2.32. The molecule has 1 aliphatic heterocycles. The highest BCUT2D eigenvalue weighted by Crippen LogP contribution is 2.26. The van der Waals surface area contributed by atoms with Crippen molar-refractivity contribution in [1.29, 1.82) is 0 Å². The zero-order valence-corrected chi connectivity index (χ0v) is 17.1. The van der Waals surface area contributed by atoms with Gasteiger partial charge in [-0.2, -0.15) is 5.10 Å². The first-order valence-electron chi connectivity index (χ1n) is 8.88. The van der Waals surface area contributed by atoms with Crippen molar-refractivity contribution >= 4 is 40.6 Å². The van der Waals surface area contributed by atoms with Crippen LogP contribution in [0.25, 0.3) is 0 Å². The van der Waals surface area contributed by atoms with Crippen molar-refractivity contribution in [3.8, 4) is 17.2 Å². The van der Waals surface area contributed by atoms with Crippen LogP contribution in [0.5, 0.6) is 17.2 Å². The van der Waals surface area contributed by atoms with Crippen LogP contribution in [-0.4, -0.2) is 47.8 Å². The van der Waals surface area contributed by atoms with Crippen LogP contribution < -0.4 is 20.1 Å². The summed E-state index contributed by atoms with van der Waals surface area (Å²) in [5.74, 6) is 0.443. The van der Waals surface area contributed by atoms with Gasteiger partial charge in [-0.25, -0.2) is 0 Å². The number of carbonyl (C=O) groups excluding carboxylic acids is 2. The molecule has 0 aromatic heterocycles. The quantitative estimate of drug-likeness (QED) is 0.460. The van der Waals surface area contributed by atoms with Crippen molar-refractivity contribution in [2.24, 2.45) is 10.2 Å². The molecule has 1 atom stereocenters. The van der Waals surface area contributed by atoms with E-state index in [1.807, 2.05) is 0 Å². The van der Waals surface area contributed by atoms with Crippen LogP contribution in [0.2, 0.25) is 0 Å². The van der Waals surface area contributed by atoms with Gasteiger partial charge in [-0.05, 0) is 48.0 Å². The zero-order valence-electron chi connectivity index (χ0n) is 16.3. The molecule has 156 valence electrons. The maximum atomic E-state index is 12.2. The lowest BCUT2D eigenvalue weighted by molar-refractivity contribution is -0.122. The van der Waals surface area contributed by atoms with Crippen molar-refractivity contribution < 1.29 is 24.2 Å². The predicted octanol–water partition coefficient (Wildman–Crippen LogP) is 2.36. The molecule has 2 amide bonds. The summed E-state index contributed by atoms with van der Waals surface area (Å²) in [6, 6.07) is 11.6. The van der Waals surface area contributed by atoms with Gasteiger partial charge in [0.05, 0.1) is 20.4 Å². The molecule has 1 aliphatic rings. The highest BCUT2D eigenvalue weighted by atomic mass is 32.2. The van der Waals surface area contributed by atoms with E-state index in [1.165, 1.54) is 19.4 Å².